The quantitative estimate of drug-likeness (QED) is 0.824. The molecule has 2 rings (SSSR count). The van der Waals surface area contributed by atoms with Gasteiger partial charge in [0.25, 0.3) is 5.91 Å². The van der Waals surface area contributed by atoms with Gasteiger partial charge in [-0.25, -0.2) is 4.39 Å². The van der Waals surface area contributed by atoms with Crippen molar-refractivity contribution in [1.29, 1.82) is 0 Å². The Bertz CT molecular complexity index is 643. The predicted octanol–water partition coefficient (Wildman–Crippen LogP) is 3.62. The Morgan fingerprint density at radius 3 is 2.68 bits per heavy atom. The SMILES string of the molecule is Cc1ccc(NC(=O)c2cc(Cl)ccc2N)cc1F. The maximum Gasteiger partial charge on any atom is 0.257 e. The minimum absolute atomic E-state index is 0.258. The van der Waals surface area contributed by atoms with Gasteiger partial charge in [-0.1, -0.05) is 17.7 Å². The van der Waals surface area contributed by atoms with Crippen molar-refractivity contribution in [1.82, 2.24) is 0 Å². The molecule has 0 aliphatic heterocycles. The van der Waals surface area contributed by atoms with Gasteiger partial charge in [0.05, 0.1) is 5.56 Å². The zero-order valence-corrected chi connectivity index (χ0v) is 11.0. The number of hydrogen-bond acceptors (Lipinski definition) is 2. The molecule has 3 N–H and O–H groups in total. The molecule has 0 unspecified atom stereocenters. The number of hydrogen-bond donors (Lipinski definition) is 2. The van der Waals surface area contributed by atoms with Crippen LogP contribution in [0.5, 0.6) is 0 Å². The first kappa shape index (κ1) is 13.4. The molecule has 0 saturated carbocycles. The van der Waals surface area contributed by atoms with Crippen molar-refractivity contribution in [3.63, 3.8) is 0 Å². The Morgan fingerprint density at radius 2 is 2.00 bits per heavy atom. The number of amides is 1. The molecule has 98 valence electrons. The van der Waals surface area contributed by atoms with Crippen molar-refractivity contribution in [2.45, 2.75) is 6.92 Å². The van der Waals surface area contributed by atoms with Gasteiger partial charge in [0.1, 0.15) is 5.82 Å². The second-order valence-electron chi connectivity index (χ2n) is 4.15. The third-order valence-corrected chi connectivity index (χ3v) is 2.92. The minimum Gasteiger partial charge on any atom is -0.398 e. The van der Waals surface area contributed by atoms with Gasteiger partial charge in [-0.15, -0.1) is 0 Å². The lowest BCUT2D eigenvalue weighted by molar-refractivity contribution is 0.102. The summed E-state index contributed by atoms with van der Waals surface area (Å²) in [5, 5.41) is 2.99. The molecule has 0 atom stereocenters. The number of nitrogens with one attached hydrogen (secondary N) is 1. The molecule has 0 bridgehead atoms. The largest absolute Gasteiger partial charge is 0.398 e. The van der Waals surface area contributed by atoms with E-state index in [-0.39, 0.29) is 11.4 Å². The molecular formula is C14H12ClFN2O. The van der Waals surface area contributed by atoms with Crippen LogP contribution in [-0.4, -0.2) is 5.91 Å². The normalized spacial score (nSPS) is 10.3. The van der Waals surface area contributed by atoms with E-state index in [0.29, 0.717) is 22.0 Å². The number of aryl methyl sites for hydroxylation is 1. The molecule has 0 aromatic heterocycles. The van der Waals surface area contributed by atoms with E-state index in [1.807, 2.05) is 0 Å². The van der Waals surface area contributed by atoms with Crippen LogP contribution in [0.3, 0.4) is 0 Å². The molecule has 19 heavy (non-hydrogen) atoms. The van der Waals surface area contributed by atoms with Gasteiger partial charge in [0.15, 0.2) is 0 Å². The molecule has 0 fully saturated rings. The summed E-state index contributed by atoms with van der Waals surface area (Å²) in [6.07, 6.45) is 0. The Kier molecular flexibility index (Phi) is 3.71. The average Bonchev–Trinajstić information content (AvgIpc) is 2.36. The van der Waals surface area contributed by atoms with E-state index in [0.717, 1.165) is 0 Å². The Hall–Kier alpha value is -2.07. The highest BCUT2D eigenvalue weighted by molar-refractivity contribution is 6.31. The van der Waals surface area contributed by atoms with Crippen LogP contribution in [0.1, 0.15) is 15.9 Å². The summed E-state index contributed by atoms with van der Waals surface area (Å²) in [5.41, 5.74) is 7.16. The summed E-state index contributed by atoms with van der Waals surface area (Å²) in [6.45, 7) is 1.65. The van der Waals surface area contributed by atoms with Crippen LogP contribution in [0.25, 0.3) is 0 Å². The lowest BCUT2D eigenvalue weighted by Gasteiger charge is -2.08. The fourth-order valence-corrected chi connectivity index (χ4v) is 1.77. The highest BCUT2D eigenvalue weighted by Crippen LogP contribution is 2.20. The summed E-state index contributed by atoms with van der Waals surface area (Å²) in [5.74, 6) is -0.805. The lowest BCUT2D eigenvalue weighted by atomic mass is 10.1. The molecule has 0 radical (unpaired) electrons. The van der Waals surface area contributed by atoms with Crippen LogP contribution in [0.2, 0.25) is 5.02 Å². The first-order valence-corrected chi connectivity index (χ1v) is 5.97. The standard InChI is InChI=1S/C14H12ClFN2O/c1-8-2-4-10(7-12(8)16)18-14(19)11-6-9(15)3-5-13(11)17/h2-7H,17H2,1H3,(H,18,19). The zero-order chi connectivity index (χ0) is 14.0. The van der Waals surface area contributed by atoms with Gasteiger partial charge in [-0.05, 0) is 42.8 Å². The molecule has 3 nitrogen and oxygen atoms in total. The molecule has 2 aromatic rings. The van der Waals surface area contributed by atoms with Crippen molar-refractivity contribution >= 4 is 28.9 Å². The first-order chi connectivity index (χ1) is 8.97. The van der Waals surface area contributed by atoms with E-state index >= 15 is 0 Å². The van der Waals surface area contributed by atoms with E-state index in [1.54, 1.807) is 31.2 Å². The van der Waals surface area contributed by atoms with Gasteiger partial charge in [-0.2, -0.15) is 0 Å². The van der Waals surface area contributed by atoms with Crippen LogP contribution >= 0.6 is 11.6 Å². The first-order valence-electron chi connectivity index (χ1n) is 5.60. The van der Waals surface area contributed by atoms with Gasteiger partial charge in [-0.3, -0.25) is 4.79 Å². The fraction of sp³-hybridized carbons (Fsp3) is 0.0714. The van der Waals surface area contributed by atoms with Gasteiger partial charge in [0, 0.05) is 16.4 Å². The van der Waals surface area contributed by atoms with Crippen molar-refractivity contribution in [3.05, 3.63) is 58.4 Å². The zero-order valence-electron chi connectivity index (χ0n) is 10.2. The highest BCUT2D eigenvalue weighted by Gasteiger charge is 2.11. The minimum atomic E-state index is -0.428. The number of anilines is 2. The average molecular weight is 279 g/mol. The molecule has 1 amide bonds. The molecule has 2 aromatic carbocycles. The van der Waals surface area contributed by atoms with Gasteiger partial charge < -0.3 is 11.1 Å². The van der Waals surface area contributed by atoms with Crippen LogP contribution in [0, 0.1) is 12.7 Å². The van der Waals surface area contributed by atoms with Gasteiger partial charge in [0.2, 0.25) is 0 Å². The summed E-state index contributed by atoms with van der Waals surface area (Å²) in [6, 6.07) is 9.08. The fourth-order valence-electron chi connectivity index (χ4n) is 1.59. The summed E-state index contributed by atoms with van der Waals surface area (Å²) < 4.78 is 13.4. The Labute approximate surface area is 115 Å². The van der Waals surface area contributed by atoms with E-state index in [2.05, 4.69) is 5.32 Å². The van der Waals surface area contributed by atoms with E-state index in [1.165, 1.54) is 12.1 Å². The van der Waals surface area contributed by atoms with Crippen molar-refractivity contribution in [2.75, 3.05) is 11.1 Å². The molecule has 0 aliphatic carbocycles. The van der Waals surface area contributed by atoms with Gasteiger partial charge >= 0.3 is 0 Å². The highest BCUT2D eigenvalue weighted by atomic mass is 35.5. The third kappa shape index (κ3) is 3.03. The maximum atomic E-state index is 13.4. The van der Waals surface area contributed by atoms with E-state index < -0.39 is 5.91 Å². The smallest absolute Gasteiger partial charge is 0.257 e. The van der Waals surface area contributed by atoms with Crippen LogP contribution in [-0.2, 0) is 0 Å². The summed E-state index contributed by atoms with van der Waals surface area (Å²) >= 11 is 5.81. The Morgan fingerprint density at radius 1 is 1.26 bits per heavy atom. The summed E-state index contributed by atoms with van der Waals surface area (Å²) in [7, 11) is 0. The third-order valence-electron chi connectivity index (χ3n) is 2.69. The number of carbonyl (C=O) groups excluding carboxylic acids is 1. The second-order valence-corrected chi connectivity index (χ2v) is 4.59. The molecular weight excluding hydrogens is 267 g/mol. The number of carbonyl (C=O) groups is 1. The molecule has 0 aliphatic rings. The lowest BCUT2D eigenvalue weighted by Crippen LogP contribution is -2.14. The number of nitrogen functional groups attached to an aromatic ring is 1. The number of benzene rings is 2. The predicted molar refractivity (Wildman–Crippen MR) is 75.0 cm³/mol. The van der Waals surface area contributed by atoms with Crippen molar-refractivity contribution in [3.8, 4) is 0 Å². The van der Waals surface area contributed by atoms with E-state index in [9.17, 15) is 9.18 Å². The van der Waals surface area contributed by atoms with Crippen LogP contribution < -0.4 is 11.1 Å². The van der Waals surface area contributed by atoms with Crippen LogP contribution in [0.15, 0.2) is 36.4 Å². The van der Waals surface area contributed by atoms with Crippen molar-refractivity contribution < 1.29 is 9.18 Å². The number of halogens is 2. The number of rotatable bonds is 2. The molecule has 0 heterocycles. The van der Waals surface area contributed by atoms with E-state index in [4.69, 9.17) is 17.3 Å². The number of nitrogens with two attached hydrogens (primary N) is 1. The van der Waals surface area contributed by atoms with Crippen molar-refractivity contribution in [2.24, 2.45) is 0 Å². The monoisotopic (exact) mass is 278 g/mol. The topological polar surface area (TPSA) is 55.1 Å². The molecule has 0 spiro atoms. The molecule has 5 heteroatoms. The molecule has 0 saturated heterocycles. The second kappa shape index (κ2) is 5.28. The maximum absolute atomic E-state index is 13.4. The Balaban J connectivity index is 2.25. The van der Waals surface area contributed by atoms with Crippen LogP contribution in [0.4, 0.5) is 15.8 Å². The summed E-state index contributed by atoms with van der Waals surface area (Å²) in [4.78, 5) is 12.0.